The van der Waals surface area contributed by atoms with Gasteiger partial charge >= 0.3 is 6.18 Å². The highest BCUT2D eigenvalue weighted by molar-refractivity contribution is 7.09. The second-order valence-corrected chi connectivity index (χ2v) is 5.51. The van der Waals surface area contributed by atoms with Crippen LogP contribution in [0.2, 0.25) is 0 Å². The molecular weight excluding hydrogens is 299 g/mol. The summed E-state index contributed by atoms with van der Waals surface area (Å²) in [5.74, 6) is 0.309. The van der Waals surface area contributed by atoms with Crippen LogP contribution in [0.5, 0.6) is 0 Å². The number of thiophene rings is 1. The van der Waals surface area contributed by atoms with Crippen LogP contribution in [0, 0.1) is 0 Å². The molecule has 0 aliphatic heterocycles. The van der Waals surface area contributed by atoms with Crippen LogP contribution < -0.4 is 10.6 Å². The van der Waals surface area contributed by atoms with Crippen molar-refractivity contribution < 1.29 is 13.2 Å². The summed E-state index contributed by atoms with van der Waals surface area (Å²) in [5, 5.41) is 1.94. The Morgan fingerprint density at radius 1 is 1.29 bits per heavy atom. The number of rotatable bonds is 5. The van der Waals surface area contributed by atoms with E-state index in [1.165, 1.54) is 6.07 Å². The number of pyridine rings is 1. The summed E-state index contributed by atoms with van der Waals surface area (Å²) in [6, 6.07) is 6.24. The summed E-state index contributed by atoms with van der Waals surface area (Å²) in [5.41, 5.74) is 5.35. The number of anilines is 1. The van der Waals surface area contributed by atoms with E-state index in [4.69, 9.17) is 5.73 Å². The Morgan fingerprint density at radius 2 is 2.05 bits per heavy atom. The fourth-order valence-electron chi connectivity index (χ4n) is 2.00. The molecule has 21 heavy (non-hydrogen) atoms. The topological polar surface area (TPSA) is 42.2 Å². The highest BCUT2D eigenvalue weighted by Crippen LogP contribution is 2.31. The summed E-state index contributed by atoms with van der Waals surface area (Å²) >= 11 is 1.56. The quantitative estimate of drug-likeness (QED) is 0.916. The van der Waals surface area contributed by atoms with Crippen molar-refractivity contribution in [1.29, 1.82) is 0 Å². The van der Waals surface area contributed by atoms with Crippen molar-refractivity contribution in [3.8, 4) is 0 Å². The molecule has 0 amide bonds. The zero-order valence-corrected chi connectivity index (χ0v) is 12.3. The van der Waals surface area contributed by atoms with Crippen LogP contribution in [0.25, 0.3) is 0 Å². The highest BCUT2D eigenvalue weighted by Gasteiger charge is 2.33. The first kappa shape index (κ1) is 15.8. The maximum absolute atomic E-state index is 12.8. The zero-order chi connectivity index (χ0) is 15.5. The molecule has 0 aromatic carbocycles. The Labute approximate surface area is 125 Å². The Bertz CT molecular complexity index is 582. The van der Waals surface area contributed by atoms with Gasteiger partial charge in [0.05, 0.1) is 6.54 Å². The average molecular weight is 315 g/mol. The molecule has 0 spiro atoms. The first-order chi connectivity index (χ1) is 9.95. The normalized spacial score (nSPS) is 11.7. The first-order valence-electron chi connectivity index (χ1n) is 6.50. The van der Waals surface area contributed by atoms with E-state index in [-0.39, 0.29) is 6.54 Å². The van der Waals surface area contributed by atoms with Crippen molar-refractivity contribution in [3.05, 3.63) is 45.8 Å². The average Bonchev–Trinajstić information content (AvgIpc) is 2.96. The number of aromatic nitrogens is 1. The van der Waals surface area contributed by atoms with Gasteiger partial charge in [-0.15, -0.1) is 11.3 Å². The van der Waals surface area contributed by atoms with Gasteiger partial charge in [0.15, 0.2) is 0 Å². The van der Waals surface area contributed by atoms with Crippen molar-refractivity contribution in [2.75, 3.05) is 11.4 Å². The third-order valence-electron chi connectivity index (χ3n) is 3.07. The van der Waals surface area contributed by atoms with Gasteiger partial charge in [-0.2, -0.15) is 13.2 Å². The monoisotopic (exact) mass is 315 g/mol. The van der Waals surface area contributed by atoms with E-state index >= 15 is 0 Å². The van der Waals surface area contributed by atoms with Crippen molar-refractivity contribution >= 4 is 17.2 Å². The van der Waals surface area contributed by atoms with E-state index in [0.717, 1.165) is 10.9 Å². The SMILES string of the molecule is CCN(Cc1cccs1)c1nc(C(F)(F)F)ccc1CN. The van der Waals surface area contributed by atoms with Gasteiger partial charge < -0.3 is 10.6 Å². The predicted octanol–water partition coefficient (Wildman–Crippen LogP) is 3.65. The van der Waals surface area contributed by atoms with Gasteiger partial charge in [0, 0.05) is 23.5 Å². The van der Waals surface area contributed by atoms with Gasteiger partial charge in [0.1, 0.15) is 11.5 Å². The van der Waals surface area contributed by atoms with Crippen molar-refractivity contribution in [3.63, 3.8) is 0 Å². The third-order valence-corrected chi connectivity index (χ3v) is 3.94. The molecule has 2 aromatic rings. The lowest BCUT2D eigenvalue weighted by Crippen LogP contribution is -2.26. The summed E-state index contributed by atoms with van der Waals surface area (Å²) in [6.07, 6.45) is -4.45. The molecule has 0 atom stereocenters. The zero-order valence-electron chi connectivity index (χ0n) is 11.5. The van der Waals surface area contributed by atoms with E-state index in [1.807, 2.05) is 29.3 Å². The summed E-state index contributed by atoms with van der Waals surface area (Å²) in [4.78, 5) is 6.67. The molecule has 0 fully saturated rings. The number of hydrogen-bond acceptors (Lipinski definition) is 4. The molecule has 0 aliphatic carbocycles. The van der Waals surface area contributed by atoms with Crippen LogP contribution in [-0.4, -0.2) is 11.5 Å². The maximum Gasteiger partial charge on any atom is 0.433 e. The van der Waals surface area contributed by atoms with E-state index in [1.54, 1.807) is 11.3 Å². The summed E-state index contributed by atoms with van der Waals surface area (Å²) in [7, 11) is 0. The molecule has 2 N–H and O–H groups in total. The standard InChI is InChI=1S/C14H16F3N3S/c1-2-20(9-11-4-3-7-21-11)13-10(8-18)5-6-12(19-13)14(15,16)17/h3-7H,2,8-9,18H2,1H3. The van der Waals surface area contributed by atoms with Crippen LogP contribution in [0.1, 0.15) is 23.1 Å². The molecule has 3 nitrogen and oxygen atoms in total. The molecule has 0 saturated carbocycles. The molecule has 0 radical (unpaired) electrons. The molecule has 7 heteroatoms. The molecule has 0 aliphatic rings. The Kier molecular flexibility index (Phi) is 4.84. The number of halogens is 3. The molecule has 114 valence electrons. The van der Waals surface area contributed by atoms with Gasteiger partial charge in [-0.3, -0.25) is 0 Å². The van der Waals surface area contributed by atoms with Crippen molar-refractivity contribution in [1.82, 2.24) is 4.98 Å². The maximum atomic E-state index is 12.8. The van der Waals surface area contributed by atoms with Gasteiger partial charge in [-0.25, -0.2) is 4.98 Å². The van der Waals surface area contributed by atoms with Crippen LogP contribution in [0.4, 0.5) is 19.0 Å². The minimum absolute atomic E-state index is 0.154. The van der Waals surface area contributed by atoms with Crippen LogP contribution >= 0.6 is 11.3 Å². The first-order valence-corrected chi connectivity index (χ1v) is 7.38. The van der Waals surface area contributed by atoms with E-state index in [2.05, 4.69) is 4.98 Å². The summed E-state index contributed by atoms with van der Waals surface area (Å²) < 4.78 is 38.5. The summed E-state index contributed by atoms with van der Waals surface area (Å²) in [6.45, 7) is 3.12. The molecule has 0 unspecified atom stereocenters. The van der Waals surface area contributed by atoms with E-state index < -0.39 is 11.9 Å². The Balaban J connectivity index is 2.38. The Hall–Kier alpha value is -1.60. The number of nitrogens with zero attached hydrogens (tertiary/aromatic N) is 2. The fourth-order valence-corrected chi connectivity index (χ4v) is 2.71. The number of alkyl halides is 3. The van der Waals surface area contributed by atoms with Crippen molar-refractivity contribution in [2.45, 2.75) is 26.2 Å². The molecule has 0 bridgehead atoms. The minimum Gasteiger partial charge on any atom is -0.351 e. The van der Waals surface area contributed by atoms with E-state index in [9.17, 15) is 13.2 Å². The second-order valence-electron chi connectivity index (χ2n) is 4.47. The smallest absolute Gasteiger partial charge is 0.351 e. The number of nitrogens with two attached hydrogens (primary N) is 1. The molecular formula is C14H16F3N3S. The van der Waals surface area contributed by atoms with Crippen LogP contribution in [0.3, 0.4) is 0 Å². The second kappa shape index (κ2) is 6.44. The van der Waals surface area contributed by atoms with Crippen LogP contribution in [-0.2, 0) is 19.3 Å². The lowest BCUT2D eigenvalue weighted by atomic mass is 10.2. The largest absolute Gasteiger partial charge is 0.433 e. The molecule has 2 heterocycles. The van der Waals surface area contributed by atoms with Crippen molar-refractivity contribution in [2.24, 2.45) is 5.73 Å². The van der Waals surface area contributed by atoms with Crippen LogP contribution in [0.15, 0.2) is 29.6 Å². The molecule has 2 rings (SSSR count). The van der Waals surface area contributed by atoms with E-state index in [0.29, 0.717) is 24.5 Å². The van der Waals surface area contributed by atoms with Gasteiger partial charge in [-0.1, -0.05) is 12.1 Å². The third kappa shape index (κ3) is 3.74. The minimum atomic E-state index is -4.45. The Morgan fingerprint density at radius 3 is 2.57 bits per heavy atom. The predicted molar refractivity (Wildman–Crippen MR) is 78.2 cm³/mol. The highest BCUT2D eigenvalue weighted by atomic mass is 32.1. The molecule has 0 saturated heterocycles. The lowest BCUT2D eigenvalue weighted by Gasteiger charge is -2.24. The van der Waals surface area contributed by atoms with Gasteiger partial charge in [0.2, 0.25) is 0 Å². The molecule has 2 aromatic heterocycles. The fraction of sp³-hybridized carbons (Fsp3) is 0.357. The number of hydrogen-bond donors (Lipinski definition) is 1. The van der Waals surface area contributed by atoms with Gasteiger partial charge in [0.25, 0.3) is 0 Å². The lowest BCUT2D eigenvalue weighted by molar-refractivity contribution is -0.141. The van der Waals surface area contributed by atoms with Gasteiger partial charge in [-0.05, 0) is 24.4 Å².